The number of amides is 1. The first-order chi connectivity index (χ1) is 9.67. The summed E-state index contributed by atoms with van der Waals surface area (Å²) in [5, 5.41) is 4.29. The van der Waals surface area contributed by atoms with Gasteiger partial charge >= 0.3 is 6.09 Å². The van der Waals surface area contributed by atoms with E-state index in [9.17, 15) is 4.79 Å². The molecule has 104 valence electrons. The molecule has 1 fully saturated rings. The van der Waals surface area contributed by atoms with Gasteiger partial charge in [0.2, 0.25) is 0 Å². The molecule has 2 heterocycles. The number of methoxy groups -OCH3 is 1. The number of halogens is 1. The lowest BCUT2D eigenvalue weighted by Crippen LogP contribution is -2.57. The van der Waals surface area contributed by atoms with Gasteiger partial charge in [-0.05, 0) is 18.2 Å². The molecular formula is C13H13BrN4O2. The summed E-state index contributed by atoms with van der Waals surface area (Å²) >= 11 is 3.45. The van der Waals surface area contributed by atoms with E-state index in [-0.39, 0.29) is 12.1 Å². The number of aromatic nitrogens is 2. The van der Waals surface area contributed by atoms with Crippen LogP contribution in [0.5, 0.6) is 0 Å². The number of carbonyl (C=O) groups is 1. The number of likely N-dealkylation sites (tertiary alicyclic amines) is 1. The largest absolute Gasteiger partial charge is 0.453 e. The van der Waals surface area contributed by atoms with Crippen LogP contribution in [-0.2, 0) is 4.74 Å². The highest BCUT2D eigenvalue weighted by molar-refractivity contribution is 9.10. The lowest BCUT2D eigenvalue weighted by molar-refractivity contribution is 0.0930. The minimum atomic E-state index is -0.293. The molecule has 2 aromatic rings. The maximum absolute atomic E-state index is 11.3. The maximum Gasteiger partial charge on any atom is 0.409 e. The molecule has 7 heteroatoms. The van der Waals surface area contributed by atoms with Crippen molar-refractivity contribution in [2.24, 2.45) is 0 Å². The molecule has 1 aromatic carbocycles. The number of hydrogen-bond acceptors (Lipinski definition) is 5. The van der Waals surface area contributed by atoms with Crippen molar-refractivity contribution in [3.8, 4) is 0 Å². The number of anilines is 1. The van der Waals surface area contributed by atoms with E-state index in [1.54, 1.807) is 4.90 Å². The summed E-state index contributed by atoms with van der Waals surface area (Å²) in [5.74, 6) is 0.783. The van der Waals surface area contributed by atoms with Gasteiger partial charge in [0.25, 0.3) is 0 Å². The average Bonchev–Trinajstić information content (AvgIpc) is 2.41. The molecule has 1 amide bonds. The topological polar surface area (TPSA) is 67.3 Å². The van der Waals surface area contributed by atoms with Crippen LogP contribution in [0.2, 0.25) is 0 Å². The highest BCUT2D eigenvalue weighted by Gasteiger charge is 2.31. The van der Waals surface area contributed by atoms with Gasteiger partial charge in [-0.15, -0.1) is 0 Å². The molecule has 3 rings (SSSR count). The van der Waals surface area contributed by atoms with Crippen LogP contribution in [0.4, 0.5) is 10.6 Å². The summed E-state index contributed by atoms with van der Waals surface area (Å²) in [6, 6.07) is 6.05. The van der Waals surface area contributed by atoms with E-state index in [1.807, 2.05) is 18.2 Å². The van der Waals surface area contributed by atoms with Crippen LogP contribution < -0.4 is 5.32 Å². The van der Waals surface area contributed by atoms with E-state index in [2.05, 4.69) is 36.0 Å². The quantitative estimate of drug-likeness (QED) is 0.910. The molecule has 6 nitrogen and oxygen atoms in total. The van der Waals surface area contributed by atoms with Crippen LogP contribution in [-0.4, -0.2) is 47.2 Å². The molecule has 0 bridgehead atoms. The third kappa shape index (κ3) is 2.40. The summed E-state index contributed by atoms with van der Waals surface area (Å²) in [4.78, 5) is 21.4. The molecule has 1 aliphatic heterocycles. The van der Waals surface area contributed by atoms with E-state index in [0.29, 0.717) is 13.1 Å². The second-order valence-corrected chi connectivity index (χ2v) is 5.52. The van der Waals surface area contributed by atoms with Gasteiger partial charge in [-0.3, -0.25) is 0 Å². The fourth-order valence-corrected chi connectivity index (χ4v) is 2.55. The van der Waals surface area contributed by atoms with Gasteiger partial charge in [0.1, 0.15) is 12.1 Å². The van der Waals surface area contributed by atoms with Crippen LogP contribution in [0.1, 0.15) is 0 Å². The van der Waals surface area contributed by atoms with Crippen molar-refractivity contribution < 1.29 is 9.53 Å². The van der Waals surface area contributed by atoms with Crippen molar-refractivity contribution >= 4 is 38.7 Å². The normalized spacial score (nSPS) is 15.0. The van der Waals surface area contributed by atoms with Gasteiger partial charge in [0.15, 0.2) is 0 Å². The Morgan fingerprint density at radius 1 is 1.45 bits per heavy atom. The monoisotopic (exact) mass is 336 g/mol. The maximum atomic E-state index is 11.3. The van der Waals surface area contributed by atoms with Crippen molar-refractivity contribution in [1.29, 1.82) is 0 Å². The Morgan fingerprint density at radius 3 is 3.00 bits per heavy atom. The number of fused-ring (bicyclic) bond motifs is 1. The third-order valence-electron chi connectivity index (χ3n) is 3.25. The van der Waals surface area contributed by atoms with E-state index >= 15 is 0 Å². The summed E-state index contributed by atoms with van der Waals surface area (Å²) in [7, 11) is 1.39. The Bertz CT molecular complexity index is 658. The van der Waals surface area contributed by atoms with Crippen molar-refractivity contribution in [2.45, 2.75) is 6.04 Å². The Morgan fingerprint density at radius 2 is 2.25 bits per heavy atom. The zero-order valence-corrected chi connectivity index (χ0v) is 12.4. The van der Waals surface area contributed by atoms with Gasteiger partial charge in [-0.2, -0.15) is 0 Å². The van der Waals surface area contributed by atoms with Crippen LogP contribution in [0.25, 0.3) is 10.9 Å². The fourth-order valence-electron chi connectivity index (χ4n) is 2.19. The van der Waals surface area contributed by atoms with Crippen LogP contribution in [0.3, 0.4) is 0 Å². The number of rotatable bonds is 2. The molecule has 0 spiro atoms. The van der Waals surface area contributed by atoms with Crippen molar-refractivity contribution in [1.82, 2.24) is 14.9 Å². The Labute approximate surface area is 124 Å². The Balaban J connectivity index is 1.76. The molecule has 0 saturated carbocycles. The average molecular weight is 337 g/mol. The smallest absolute Gasteiger partial charge is 0.409 e. The predicted octanol–water partition coefficient (Wildman–Crippen LogP) is 2.25. The number of hydrogen-bond donors (Lipinski definition) is 1. The molecular weight excluding hydrogens is 324 g/mol. The highest BCUT2D eigenvalue weighted by atomic mass is 79.9. The first-order valence-corrected chi connectivity index (χ1v) is 6.96. The summed E-state index contributed by atoms with van der Waals surface area (Å²) in [6.45, 7) is 1.23. The van der Waals surface area contributed by atoms with Crippen LogP contribution in [0, 0.1) is 0 Å². The molecule has 1 aromatic heterocycles. The standard InChI is InChI=1S/C13H13BrN4O2/c1-20-13(19)18-5-9(6-18)17-12-10-4-8(14)2-3-11(10)15-7-16-12/h2-4,7,9H,5-6H2,1H3,(H,15,16,17). The number of benzene rings is 1. The molecule has 0 unspecified atom stereocenters. The summed E-state index contributed by atoms with van der Waals surface area (Å²) in [6.07, 6.45) is 1.24. The van der Waals surface area contributed by atoms with E-state index < -0.39 is 0 Å². The van der Waals surface area contributed by atoms with Gasteiger partial charge in [0, 0.05) is 22.9 Å². The van der Waals surface area contributed by atoms with E-state index in [4.69, 9.17) is 0 Å². The fraction of sp³-hybridized carbons (Fsp3) is 0.308. The Kier molecular flexibility index (Phi) is 3.43. The van der Waals surface area contributed by atoms with Gasteiger partial charge in [0.05, 0.1) is 18.7 Å². The number of nitrogens with one attached hydrogen (secondary N) is 1. The van der Waals surface area contributed by atoms with Crippen molar-refractivity contribution in [2.75, 3.05) is 25.5 Å². The second-order valence-electron chi connectivity index (χ2n) is 4.60. The first-order valence-electron chi connectivity index (χ1n) is 6.17. The molecule has 1 aliphatic rings. The lowest BCUT2D eigenvalue weighted by Gasteiger charge is -2.38. The van der Waals surface area contributed by atoms with Gasteiger partial charge in [-0.1, -0.05) is 15.9 Å². The van der Waals surface area contributed by atoms with Crippen LogP contribution in [0.15, 0.2) is 29.0 Å². The minimum Gasteiger partial charge on any atom is -0.453 e. The zero-order chi connectivity index (χ0) is 14.1. The SMILES string of the molecule is COC(=O)N1CC(Nc2ncnc3ccc(Br)cc23)C1. The highest BCUT2D eigenvalue weighted by Crippen LogP contribution is 2.25. The minimum absolute atomic E-state index is 0.186. The van der Waals surface area contributed by atoms with Crippen molar-refractivity contribution in [3.63, 3.8) is 0 Å². The molecule has 20 heavy (non-hydrogen) atoms. The van der Waals surface area contributed by atoms with Gasteiger partial charge in [-0.25, -0.2) is 14.8 Å². The molecule has 0 radical (unpaired) electrons. The number of carbonyl (C=O) groups excluding carboxylic acids is 1. The molecule has 1 saturated heterocycles. The predicted molar refractivity (Wildman–Crippen MR) is 78.6 cm³/mol. The summed E-state index contributed by atoms with van der Waals surface area (Å²) in [5.41, 5.74) is 0.884. The van der Waals surface area contributed by atoms with Crippen LogP contribution >= 0.6 is 15.9 Å². The van der Waals surface area contributed by atoms with E-state index in [0.717, 1.165) is 21.2 Å². The molecule has 1 N–H and O–H groups in total. The third-order valence-corrected chi connectivity index (χ3v) is 3.75. The number of ether oxygens (including phenoxy) is 1. The first kappa shape index (κ1) is 13.1. The Hall–Kier alpha value is -1.89. The number of nitrogens with zero attached hydrogens (tertiary/aromatic N) is 3. The molecule has 0 atom stereocenters. The second kappa shape index (κ2) is 5.24. The van der Waals surface area contributed by atoms with Gasteiger partial charge < -0.3 is 15.0 Å². The summed E-state index contributed by atoms with van der Waals surface area (Å²) < 4.78 is 5.65. The molecule has 0 aliphatic carbocycles. The van der Waals surface area contributed by atoms with Crippen molar-refractivity contribution in [3.05, 3.63) is 29.0 Å². The van der Waals surface area contributed by atoms with E-state index in [1.165, 1.54) is 13.4 Å². The lowest BCUT2D eigenvalue weighted by atomic mass is 10.1. The zero-order valence-electron chi connectivity index (χ0n) is 10.8.